The molecule has 1 aliphatic heterocycles. The largest absolute Gasteiger partial charge is 0.489 e. The second kappa shape index (κ2) is 21.7. The summed E-state index contributed by atoms with van der Waals surface area (Å²) in [6.45, 7) is 0.0969. The molecule has 0 saturated carbocycles. The Balaban J connectivity index is 0.967. The number of fused-ring (bicyclic) bond motifs is 3. The minimum absolute atomic E-state index is 0.0961. The highest BCUT2D eigenvalue weighted by atomic mass is 16.6. The number of rotatable bonds is 14. The van der Waals surface area contributed by atoms with Crippen LogP contribution in [-0.2, 0) is 43.3 Å². The lowest BCUT2D eigenvalue weighted by atomic mass is 9.97. The lowest BCUT2D eigenvalue weighted by Crippen LogP contribution is -2.47. The molecule has 2 aliphatic rings. The molecule has 0 spiro atoms. The number of allylic oxidation sites excluding steroid dienone is 2. The van der Waals surface area contributed by atoms with Gasteiger partial charge in [-0.3, -0.25) is 9.59 Å². The van der Waals surface area contributed by atoms with Crippen molar-refractivity contribution in [3.63, 3.8) is 0 Å². The second-order valence-corrected chi connectivity index (χ2v) is 15.8. The number of aliphatic hydroxyl groups is 1. The number of esters is 1. The zero-order chi connectivity index (χ0) is 43.1. The topological polar surface area (TPSA) is 152 Å². The minimum atomic E-state index is -1.00. The van der Waals surface area contributed by atoms with Gasteiger partial charge in [0.25, 0.3) is 0 Å². The maximum Gasteiger partial charge on any atom is 0.407 e. The number of nitrogens with one attached hydrogen (secondary N) is 3. The highest BCUT2D eigenvalue weighted by molar-refractivity contribution is 5.86. The first kappa shape index (κ1) is 43.4. The van der Waals surface area contributed by atoms with Crippen molar-refractivity contribution in [1.29, 1.82) is 0 Å². The summed E-state index contributed by atoms with van der Waals surface area (Å²) in [5.74, 6) is -1.54. The van der Waals surface area contributed by atoms with Crippen LogP contribution in [-0.4, -0.2) is 66.9 Å². The molecule has 0 radical (unpaired) electrons. The van der Waals surface area contributed by atoms with E-state index in [0.717, 1.165) is 38.9 Å². The number of amides is 3. The predicted octanol–water partition coefficient (Wildman–Crippen LogP) is 7.21. The van der Waals surface area contributed by atoms with Gasteiger partial charge in [0, 0.05) is 12.3 Å². The maximum atomic E-state index is 13.9. The van der Waals surface area contributed by atoms with Gasteiger partial charge in [-0.05, 0) is 83.2 Å². The highest BCUT2D eigenvalue weighted by Crippen LogP contribution is 2.44. The van der Waals surface area contributed by atoms with Crippen molar-refractivity contribution in [2.45, 2.75) is 69.2 Å². The van der Waals surface area contributed by atoms with E-state index < -0.39 is 36.1 Å². The fourth-order valence-electron chi connectivity index (χ4n) is 8.03. The van der Waals surface area contributed by atoms with Gasteiger partial charge in [0.15, 0.2) is 0 Å². The molecule has 0 bridgehead atoms. The van der Waals surface area contributed by atoms with Crippen LogP contribution < -0.4 is 20.7 Å². The molecule has 4 N–H and O–H groups in total. The smallest absolute Gasteiger partial charge is 0.407 e. The van der Waals surface area contributed by atoms with Crippen LogP contribution in [0.5, 0.6) is 5.75 Å². The molecule has 11 nitrogen and oxygen atoms in total. The summed E-state index contributed by atoms with van der Waals surface area (Å²) in [5.41, 5.74) is 7.27. The van der Waals surface area contributed by atoms with Gasteiger partial charge in [0.05, 0.1) is 24.6 Å². The average Bonchev–Trinajstić information content (AvgIpc) is 3.62. The van der Waals surface area contributed by atoms with Crippen LogP contribution in [0.25, 0.3) is 11.1 Å². The van der Waals surface area contributed by atoms with E-state index in [2.05, 4.69) is 28.1 Å². The molecule has 1 aliphatic carbocycles. The SMILES string of the molecule is O=C(C[C@H]1CC=CCC[C@H](NC(=O)OCC2c3ccccc3-c3ccccc32)C(=O)OC[C@H](Cc2ccccc2)NC1=O)N[C@H](CO)Cc1ccc(OCc2ccccc2)cc1. The van der Waals surface area contributed by atoms with Crippen molar-refractivity contribution in [3.05, 3.63) is 173 Å². The van der Waals surface area contributed by atoms with Crippen molar-refractivity contribution in [1.82, 2.24) is 16.0 Å². The van der Waals surface area contributed by atoms with Crippen molar-refractivity contribution < 1.29 is 38.5 Å². The molecular weight excluding hydrogens is 783 g/mol. The second-order valence-electron chi connectivity index (χ2n) is 15.8. The van der Waals surface area contributed by atoms with Crippen molar-refractivity contribution in [2.75, 3.05) is 19.8 Å². The molecule has 5 aromatic carbocycles. The molecular formula is C51H53N3O8. The van der Waals surface area contributed by atoms with Gasteiger partial charge >= 0.3 is 12.1 Å². The Morgan fingerprint density at radius 2 is 1.42 bits per heavy atom. The van der Waals surface area contributed by atoms with E-state index in [1.807, 2.05) is 133 Å². The normalized spacial score (nSPS) is 18.3. The summed E-state index contributed by atoms with van der Waals surface area (Å²) >= 11 is 0. The number of aliphatic hydroxyl groups excluding tert-OH is 1. The van der Waals surface area contributed by atoms with Gasteiger partial charge < -0.3 is 35.3 Å². The summed E-state index contributed by atoms with van der Waals surface area (Å²) in [4.78, 5) is 54.2. The summed E-state index contributed by atoms with van der Waals surface area (Å²) in [6.07, 6.45) is 4.42. The monoisotopic (exact) mass is 835 g/mol. The average molecular weight is 836 g/mol. The zero-order valence-electron chi connectivity index (χ0n) is 34.6. The molecule has 0 fully saturated rings. The Hall–Kier alpha value is -6.72. The maximum absolute atomic E-state index is 13.9. The van der Waals surface area contributed by atoms with Gasteiger partial charge in [0.1, 0.15) is 31.6 Å². The van der Waals surface area contributed by atoms with Crippen molar-refractivity contribution >= 4 is 23.9 Å². The quantitative estimate of drug-likeness (QED) is 0.0677. The van der Waals surface area contributed by atoms with E-state index in [-0.39, 0.29) is 56.8 Å². The van der Waals surface area contributed by atoms with Crippen LogP contribution in [0.4, 0.5) is 4.79 Å². The molecule has 3 amide bonds. The van der Waals surface area contributed by atoms with Gasteiger partial charge in [-0.15, -0.1) is 0 Å². The lowest BCUT2D eigenvalue weighted by Gasteiger charge is -2.24. The van der Waals surface area contributed by atoms with Gasteiger partial charge in [-0.1, -0.05) is 133 Å². The standard InChI is InChI=1S/C51H53N3O8/c55-31-39(28-36-24-26-41(27-25-36)60-32-37-16-6-2-7-17-37)52-48(56)30-38-18-8-3-9-23-47(50(58)61-33-40(53-49(38)57)29-35-14-4-1-5-15-35)54-51(59)62-34-46-44-21-12-10-19-42(44)43-20-11-13-22-45(43)46/h1-8,10-17,19-22,24-27,38-40,46-47,55H,9,18,23,28-34H2,(H,52,56)(H,53,57)(H,54,59)/t38-,39+,40+,47+/m1/s1. The third-order valence-electron chi connectivity index (χ3n) is 11.3. The molecule has 11 heteroatoms. The van der Waals surface area contributed by atoms with Crippen LogP contribution in [0.15, 0.2) is 146 Å². The summed E-state index contributed by atoms with van der Waals surface area (Å²) in [6, 6.07) is 40.9. The Morgan fingerprint density at radius 3 is 2.10 bits per heavy atom. The van der Waals surface area contributed by atoms with Gasteiger partial charge in [0.2, 0.25) is 11.8 Å². The van der Waals surface area contributed by atoms with Crippen LogP contribution in [0.2, 0.25) is 0 Å². The minimum Gasteiger partial charge on any atom is -0.489 e. The van der Waals surface area contributed by atoms with E-state index in [4.69, 9.17) is 14.2 Å². The highest BCUT2D eigenvalue weighted by Gasteiger charge is 2.31. The number of cyclic esters (lactones) is 1. The fraction of sp³-hybridized carbons (Fsp3) is 0.294. The third-order valence-corrected chi connectivity index (χ3v) is 11.3. The van der Waals surface area contributed by atoms with E-state index in [1.165, 1.54) is 0 Å². The first-order valence-electron chi connectivity index (χ1n) is 21.3. The summed E-state index contributed by atoms with van der Waals surface area (Å²) in [7, 11) is 0. The first-order valence-corrected chi connectivity index (χ1v) is 21.3. The number of alkyl carbamates (subject to hydrolysis) is 1. The number of hydrogen-bond donors (Lipinski definition) is 4. The number of carbonyl (C=O) groups is 4. The van der Waals surface area contributed by atoms with Crippen LogP contribution in [0, 0.1) is 5.92 Å². The van der Waals surface area contributed by atoms with Gasteiger partial charge in [-0.25, -0.2) is 9.59 Å². The van der Waals surface area contributed by atoms with Crippen LogP contribution >= 0.6 is 0 Å². The summed E-state index contributed by atoms with van der Waals surface area (Å²) < 4.78 is 17.4. The van der Waals surface area contributed by atoms with Crippen LogP contribution in [0.1, 0.15) is 59.4 Å². The number of ether oxygens (including phenoxy) is 3. The lowest BCUT2D eigenvalue weighted by molar-refractivity contribution is -0.147. The molecule has 0 saturated heterocycles. The molecule has 320 valence electrons. The number of hydrogen-bond acceptors (Lipinski definition) is 8. The number of benzene rings is 5. The molecule has 0 aromatic heterocycles. The molecule has 1 heterocycles. The molecule has 62 heavy (non-hydrogen) atoms. The van der Waals surface area contributed by atoms with E-state index in [9.17, 15) is 24.3 Å². The number of carbonyl (C=O) groups excluding carboxylic acids is 4. The Labute approximate surface area is 362 Å². The Kier molecular flexibility index (Phi) is 15.2. The Bertz CT molecular complexity index is 2250. The third kappa shape index (κ3) is 12.0. The molecule has 0 unspecified atom stereocenters. The van der Waals surface area contributed by atoms with E-state index in [0.29, 0.717) is 31.6 Å². The predicted molar refractivity (Wildman–Crippen MR) is 236 cm³/mol. The fourth-order valence-corrected chi connectivity index (χ4v) is 8.03. The molecule has 7 rings (SSSR count). The first-order chi connectivity index (χ1) is 30.3. The van der Waals surface area contributed by atoms with E-state index >= 15 is 0 Å². The zero-order valence-corrected chi connectivity index (χ0v) is 34.6. The molecule has 4 atom stereocenters. The Morgan fingerprint density at radius 1 is 0.774 bits per heavy atom. The van der Waals surface area contributed by atoms with Crippen molar-refractivity contribution in [3.8, 4) is 16.9 Å². The van der Waals surface area contributed by atoms with E-state index in [1.54, 1.807) is 0 Å². The van der Waals surface area contributed by atoms with Crippen molar-refractivity contribution in [2.24, 2.45) is 5.92 Å². The summed E-state index contributed by atoms with van der Waals surface area (Å²) in [5, 5.41) is 18.9. The van der Waals surface area contributed by atoms with Gasteiger partial charge in [-0.2, -0.15) is 0 Å². The molecule has 5 aromatic rings. The van der Waals surface area contributed by atoms with Crippen LogP contribution in [0.3, 0.4) is 0 Å².